The number of hydrogen-bond acceptors (Lipinski definition) is 1. The first-order valence-corrected chi connectivity index (χ1v) is 15.8. The Morgan fingerprint density at radius 3 is 1.55 bits per heavy atom. The summed E-state index contributed by atoms with van der Waals surface area (Å²) in [4.78, 5) is 23.0. The molecule has 5 aromatic heterocycles. The highest BCUT2D eigenvalue weighted by atomic mass is 14.9. The molecule has 222 valence electrons. The maximum absolute atomic E-state index is 5.34. The van der Waals surface area contributed by atoms with Crippen molar-refractivity contribution in [2.45, 2.75) is 0 Å². The van der Waals surface area contributed by atoms with Crippen molar-refractivity contribution < 1.29 is 0 Å². The third-order valence-corrected chi connectivity index (χ3v) is 9.43. The van der Waals surface area contributed by atoms with Crippen molar-refractivity contribution in [3.05, 3.63) is 157 Å². The van der Waals surface area contributed by atoms with Gasteiger partial charge in [0.05, 0.1) is 11.4 Å². The highest BCUT2D eigenvalue weighted by Gasteiger charge is 2.24. The topological polar surface area (TPSA) is 91.3 Å². The summed E-state index contributed by atoms with van der Waals surface area (Å²) in [5.41, 5.74) is 15.0. The SMILES string of the molecule is C1=C(c2c[nH]c3ccccc23)/C(=[13CH]/c2[nH]c(-c3c[nH]c4ccccc34)cc2-c2c[nH]c3ccccc23)N=C1c1c[nH]c2ccccc12. The molecule has 10 rings (SSSR count). The number of rotatable bonds is 5. The molecule has 1 aliphatic rings. The highest BCUT2D eigenvalue weighted by Crippen LogP contribution is 2.41. The molecule has 5 N–H and O–H groups in total. The van der Waals surface area contributed by atoms with Gasteiger partial charge in [0.15, 0.2) is 0 Å². The van der Waals surface area contributed by atoms with Crippen molar-refractivity contribution in [3.8, 4) is 22.4 Å². The van der Waals surface area contributed by atoms with Crippen molar-refractivity contribution in [3.63, 3.8) is 0 Å². The fraction of sp³-hybridized carbons (Fsp3) is 0. The first-order chi connectivity index (χ1) is 23.3. The summed E-state index contributed by atoms with van der Waals surface area (Å²) >= 11 is 0. The van der Waals surface area contributed by atoms with Gasteiger partial charge in [-0.3, -0.25) is 0 Å². The number of aromatic amines is 5. The Balaban J connectivity index is 1.21. The van der Waals surface area contributed by atoms with Crippen LogP contribution in [0.5, 0.6) is 0 Å². The summed E-state index contributed by atoms with van der Waals surface area (Å²) in [6.07, 6.45) is 12.8. The van der Waals surface area contributed by atoms with E-state index in [9.17, 15) is 0 Å². The Kier molecular flexibility index (Phi) is 5.48. The van der Waals surface area contributed by atoms with E-state index < -0.39 is 0 Å². The van der Waals surface area contributed by atoms with E-state index in [0.717, 1.165) is 83.6 Å². The molecule has 6 nitrogen and oxygen atoms in total. The molecule has 0 radical (unpaired) electrons. The predicted molar refractivity (Wildman–Crippen MR) is 194 cm³/mol. The van der Waals surface area contributed by atoms with Crippen LogP contribution in [0.2, 0.25) is 0 Å². The fourth-order valence-corrected chi connectivity index (χ4v) is 7.15. The van der Waals surface area contributed by atoms with E-state index in [1.165, 1.54) is 16.2 Å². The molecule has 6 heterocycles. The Morgan fingerprint density at radius 2 is 0.936 bits per heavy atom. The van der Waals surface area contributed by atoms with E-state index in [1.807, 2.05) is 0 Å². The summed E-state index contributed by atoms with van der Waals surface area (Å²) < 4.78 is 0. The average molecular weight is 606 g/mol. The zero-order valence-electron chi connectivity index (χ0n) is 25.2. The van der Waals surface area contributed by atoms with E-state index in [1.54, 1.807) is 0 Å². The molecule has 0 amide bonds. The van der Waals surface area contributed by atoms with Crippen LogP contribution in [0.15, 0.2) is 145 Å². The zero-order chi connectivity index (χ0) is 30.9. The molecule has 9 aromatic rings. The molecular formula is C41H28N6. The second-order valence-electron chi connectivity index (χ2n) is 12.1. The summed E-state index contributed by atoms with van der Waals surface area (Å²) in [7, 11) is 0. The van der Waals surface area contributed by atoms with Crippen molar-refractivity contribution in [2.24, 2.45) is 4.99 Å². The lowest BCUT2D eigenvalue weighted by atomic mass is 10.0. The predicted octanol–water partition coefficient (Wildman–Crippen LogP) is 10.2. The molecule has 0 unspecified atom stereocenters. The van der Waals surface area contributed by atoms with Gasteiger partial charge in [0, 0.05) is 113 Å². The molecule has 0 saturated heterocycles. The number of allylic oxidation sites excluding steroid dienone is 2. The van der Waals surface area contributed by atoms with E-state index in [2.05, 4.69) is 165 Å². The first-order valence-electron chi connectivity index (χ1n) is 15.8. The van der Waals surface area contributed by atoms with Crippen molar-refractivity contribution >= 4 is 61.0 Å². The van der Waals surface area contributed by atoms with E-state index in [4.69, 9.17) is 4.99 Å². The normalized spacial score (nSPS) is 14.3. The van der Waals surface area contributed by atoms with Crippen LogP contribution in [0.3, 0.4) is 0 Å². The third kappa shape index (κ3) is 4.02. The highest BCUT2D eigenvalue weighted by molar-refractivity contribution is 6.24. The van der Waals surface area contributed by atoms with E-state index in [-0.39, 0.29) is 0 Å². The number of aromatic nitrogens is 5. The fourth-order valence-electron chi connectivity index (χ4n) is 7.15. The van der Waals surface area contributed by atoms with Gasteiger partial charge < -0.3 is 24.9 Å². The Morgan fingerprint density at radius 1 is 0.468 bits per heavy atom. The van der Waals surface area contributed by atoms with Crippen LogP contribution in [0.25, 0.3) is 77.6 Å². The van der Waals surface area contributed by atoms with Crippen LogP contribution >= 0.6 is 0 Å². The van der Waals surface area contributed by atoms with Gasteiger partial charge >= 0.3 is 0 Å². The molecule has 6 heteroatoms. The minimum atomic E-state index is 0.906. The van der Waals surface area contributed by atoms with Gasteiger partial charge in [-0.15, -0.1) is 0 Å². The summed E-state index contributed by atoms with van der Waals surface area (Å²) in [5.74, 6) is 0. The van der Waals surface area contributed by atoms with Gasteiger partial charge in [-0.05, 0) is 42.5 Å². The number of benzene rings is 4. The largest absolute Gasteiger partial charge is 0.361 e. The zero-order valence-corrected chi connectivity index (χ0v) is 25.2. The minimum absolute atomic E-state index is 0.906. The van der Waals surface area contributed by atoms with E-state index in [0.29, 0.717) is 0 Å². The first kappa shape index (κ1) is 25.8. The van der Waals surface area contributed by atoms with Gasteiger partial charge in [-0.25, -0.2) is 4.99 Å². The number of aliphatic imine (C=N–C) groups is 1. The summed E-state index contributed by atoms with van der Waals surface area (Å²) in [5, 5.41) is 4.68. The van der Waals surface area contributed by atoms with Gasteiger partial charge in [0.1, 0.15) is 0 Å². The van der Waals surface area contributed by atoms with Crippen LogP contribution in [0, 0.1) is 0 Å². The molecule has 4 aromatic carbocycles. The van der Waals surface area contributed by atoms with Gasteiger partial charge in [0.25, 0.3) is 0 Å². The lowest BCUT2D eigenvalue weighted by molar-refractivity contribution is 1.35. The molecule has 0 atom stereocenters. The quantitative estimate of drug-likeness (QED) is 0.121. The molecule has 0 saturated carbocycles. The minimum Gasteiger partial charge on any atom is -0.361 e. The Hall–Kier alpha value is -6.53. The molecule has 0 fully saturated rings. The average Bonchev–Trinajstić information content (AvgIpc) is 3.96. The lowest BCUT2D eigenvalue weighted by Crippen LogP contribution is -1.91. The van der Waals surface area contributed by atoms with Crippen molar-refractivity contribution in [1.82, 2.24) is 24.9 Å². The molecule has 1 aliphatic heterocycles. The monoisotopic (exact) mass is 605 g/mol. The molecular weight excluding hydrogens is 577 g/mol. The van der Waals surface area contributed by atoms with Crippen LogP contribution in [0.4, 0.5) is 0 Å². The number of hydrogen-bond donors (Lipinski definition) is 5. The van der Waals surface area contributed by atoms with Crippen molar-refractivity contribution in [1.29, 1.82) is 0 Å². The Bertz CT molecular complexity index is 2750. The molecule has 0 aliphatic carbocycles. The smallest absolute Gasteiger partial charge is 0.0738 e. The number of para-hydroxylation sites is 4. The van der Waals surface area contributed by atoms with Gasteiger partial charge in [-0.2, -0.15) is 0 Å². The lowest BCUT2D eigenvalue weighted by Gasteiger charge is -2.05. The number of nitrogens with zero attached hydrogens (tertiary/aromatic N) is 1. The molecule has 47 heavy (non-hydrogen) atoms. The number of fused-ring (bicyclic) bond motifs is 4. The standard InChI is InChI=1S/C41H28N6/c1-5-13-34-24(9-1)30(20-42-34)28-17-38(32-22-44-36-15-7-3-11-26(32)36)46-40(28)19-41-29(31-21-43-35-14-6-2-10-25(31)35)18-39(47-41)33-23-45-37-16-8-4-12-27(33)37/h1-23,42-46H/b41-19-/i19+1. The van der Waals surface area contributed by atoms with Crippen LogP contribution in [0.1, 0.15) is 16.8 Å². The second-order valence-corrected chi connectivity index (χ2v) is 12.1. The van der Waals surface area contributed by atoms with Crippen LogP contribution < -0.4 is 0 Å². The Labute approximate surface area is 269 Å². The maximum atomic E-state index is 5.34. The summed E-state index contributed by atoms with van der Waals surface area (Å²) in [6.45, 7) is 0. The number of nitrogens with one attached hydrogen (secondary N) is 5. The summed E-state index contributed by atoms with van der Waals surface area (Å²) in [6, 6.07) is 36.0. The third-order valence-electron chi connectivity index (χ3n) is 9.43. The van der Waals surface area contributed by atoms with Gasteiger partial charge in [-0.1, -0.05) is 72.8 Å². The maximum Gasteiger partial charge on any atom is 0.0738 e. The van der Waals surface area contributed by atoms with Crippen LogP contribution in [-0.2, 0) is 0 Å². The van der Waals surface area contributed by atoms with E-state index >= 15 is 0 Å². The molecule has 0 bridgehead atoms. The van der Waals surface area contributed by atoms with Gasteiger partial charge in [0.2, 0.25) is 0 Å². The van der Waals surface area contributed by atoms with Crippen molar-refractivity contribution in [2.75, 3.05) is 0 Å². The molecule has 0 spiro atoms. The second kappa shape index (κ2) is 9.99. The van der Waals surface area contributed by atoms with Crippen LogP contribution in [-0.4, -0.2) is 30.6 Å². The number of H-pyrrole nitrogens is 5.